The van der Waals surface area contributed by atoms with Gasteiger partial charge in [-0.15, -0.1) is 0 Å². The number of carboxylic acid groups (broad SMARTS) is 1. The zero-order chi connectivity index (χ0) is 11.0. The van der Waals surface area contributed by atoms with Gasteiger partial charge in [0, 0.05) is 18.0 Å². The predicted molar refractivity (Wildman–Crippen MR) is 45.9 cm³/mol. The number of carboxylic acids is 1. The molecule has 0 spiro atoms. The number of carbonyl (C=O) groups is 2. The Morgan fingerprint density at radius 3 is 2.93 bits per heavy atom. The highest BCUT2D eigenvalue weighted by Gasteiger charge is 2.31. The number of hydrogen-bond acceptors (Lipinski definition) is 5. The van der Waals surface area contributed by atoms with Crippen molar-refractivity contribution < 1.29 is 24.5 Å². The van der Waals surface area contributed by atoms with Gasteiger partial charge < -0.3 is 19.7 Å². The third-order valence-electron chi connectivity index (χ3n) is 2.21. The molecule has 5 heteroatoms. The lowest BCUT2D eigenvalue weighted by Gasteiger charge is -2.10. The molecule has 1 aliphatic rings. The molecule has 1 aromatic carbocycles. The Hall–Kier alpha value is -2.04. The van der Waals surface area contributed by atoms with Crippen LogP contribution in [0.2, 0.25) is 0 Å². The van der Waals surface area contributed by atoms with Crippen molar-refractivity contribution in [2.45, 2.75) is 12.5 Å². The van der Waals surface area contributed by atoms with Crippen molar-refractivity contribution in [2.75, 3.05) is 0 Å². The molecule has 1 N–H and O–H groups in total. The first-order valence-corrected chi connectivity index (χ1v) is 4.31. The molecule has 0 amide bonds. The minimum atomic E-state index is -1.28. The minimum absolute atomic E-state index is 0.0557. The molecule has 0 radical (unpaired) electrons. The number of phenols is 1. The van der Waals surface area contributed by atoms with Crippen LogP contribution in [-0.4, -0.2) is 17.0 Å². The molecule has 15 heavy (non-hydrogen) atoms. The molecule has 0 unspecified atom stereocenters. The van der Waals surface area contributed by atoms with Crippen LogP contribution in [0.1, 0.15) is 28.4 Å². The van der Waals surface area contributed by atoms with E-state index in [0.717, 1.165) is 0 Å². The van der Waals surface area contributed by atoms with Gasteiger partial charge in [-0.05, 0) is 12.1 Å². The summed E-state index contributed by atoms with van der Waals surface area (Å²) < 4.78 is 4.83. The largest absolute Gasteiger partial charge is 0.550 e. The van der Waals surface area contributed by atoms with Crippen molar-refractivity contribution in [3.8, 4) is 5.75 Å². The highest BCUT2D eigenvalue weighted by molar-refractivity contribution is 5.94. The first kappa shape index (κ1) is 9.51. The van der Waals surface area contributed by atoms with Gasteiger partial charge in [-0.1, -0.05) is 6.07 Å². The summed E-state index contributed by atoms with van der Waals surface area (Å²) in [5.41, 5.74) is 0.684. The second-order valence-corrected chi connectivity index (χ2v) is 3.24. The van der Waals surface area contributed by atoms with E-state index in [9.17, 15) is 14.7 Å². The van der Waals surface area contributed by atoms with Gasteiger partial charge in [0.2, 0.25) is 0 Å². The number of phenolic OH excluding ortho intramolecular Hbond substituents is 1. The maximum absolute atomic E-state index is 11.3. The third kappa shape index (κ3) is 1.63. The highest BCUT2D eigenvalue weighted by Crippen LogP contribution is 2.34. The van der Waals surface area contributed by atoms with Crippen molar-refractivity contribution >= 4 is 11.9 Å². The average Bonchev–Trinajstić information content (AvgIpc) is 2.42. The first-order valence-electron chi connectivity index (χ1n) is 4.31. The summed E-state index contributed by atoms with van der Waals surface area (Å²) in [6.45, 7) is 0. The molecule has 1 aliphatic heterocycles. The Morgan fingerprint density at radius 2 is 2.27 bits per heavy atom. The monoisotopic (exact) mass is 207 g/mol. The summed E-state index contributed by atoms with van der Waals surface area (Å²) >= 11 is 0. The lowest BCUT2D eigenvalue weighted by Crippen LogP contribution is -2.24. The average molecular weight is 207 g/mol. The SMILES string of the molecule is O=C([O-])C[C@@H]1OC(=O)c2cc(O)ccc21. The van der Waals surface area contributed by atoms with Crippen LogP contribution >= 0.6 is 0 Å². The number of ether oxygens (including phenoxy) is 1. The number of rotatable bonds is 2. The quantitative estimate of drug-likeness (QED) is 0.675. The molecule has 0 saturated heterocycles. The van der Waals surface area contributed by atoms with Gasteiger partial charge in [0.15, 0.2) is 0 Å². The summed E-state index contributed by atoms with van der Waals surface area (Å²) in [7, 11) is 0. The molecule has 2 rings (SSSR count). The van der Waals surface area contributed by atoms with Gasteiger partial charge in [-0.3, -0.25) is 0 Å². The molecule has 0 bridgehead atoms. The number of fused-ring (bicyclic) bond motifs is 1. The molecule has 0 aromatic heterocycles. The molecule has 0 aliphatic carbocycles. The normalized spacial score (nSPS) is 18.4. The molecular weight excluding hydrogens is 200 g/mol. The van der Waals surface area contributed by atoms with E-state index >= 15 is 0 Å². The van der Waals surface area contributed by atoms with E-state index < -0.39 is 18.0 Å². The lowest BCUT2D eigenvalue weighted by atomic mass is 10.0. The van der Waals surface area contributed by atoms with Crippen LogP contribution < -0.4 is 5.11 Å². The zero-order valence-electron chi connectivity index (χ0n) is 7.60. The molecule has 1 aromatic rings. The summed E-state index contributed by atoms with van der Waals surface area (Å²) in [5.74, 6) is -1.96. The predicted octanol–water partition coefficient (Wildman–Crippen LogP) is -0.256. The van der Waals surface area contributed by atoms with Gasteiger partial charge in [0.1, 0.15) is 11.9 Å². The maximum atomic E-state index is 11.3. The highest BCUT2D eigenvalue weighted by atomic mass is 16.5. The van der Waals surface area contributed by atoms with E-state index in [1.165, 1.54) is 18.2 Å². The second kappa shape index (κ2) is 3.27. The van der Waals surface area contributed by atoms with Gasteiger partial charge in [0.25, 0.3) is 0 Å². The van der Waals surface area contributed by atoms with Crippen molar-refractivity contribution in [2.24, 2.45) is 0 Å². The lowest BCUT2D eigenvalue weighted by molar-refractivity contribution is -0.307. The van der Waals surface area contributed by atoms with Crippen molar-refractivity contribution in [1.82, 2.24) is 0 Å². The van der Waals surface area contributed by atoms with Crippen molar-refractivity contribution in [3.05, 3.63) is 29.3 Å². The Morgan fingerprint density at radius 1 is 1.53 bits per heavy atom. The van der Waals surface area contributed by atoms with Crippen LogP contribution in [0, 0.1) is 0 Å². The maximum Gasteiger partial charge on any atom is 0.339 e. The number of aliphatic carboxylic acids is 1. The van der Waals surface area contributed by atoms with Crippen LogP contribution in [0.25, 0.3) is 0 Å². The van der Waals surface area contributed by atoms with Gasteiger partial charge in [-0.25, -0.2) is 4.79 Å². The molecule has 78 valence electrons. The number of hydrogen-bond donors (Lipinski definition) is 1. The van der Waals surface area contributed by atoms with E-state index in [0.29, 0.717) is 5.56 Å². The summed E-state index contributed by atoms with van der Waals surface area (Å²) in [6.07, 6.45) is -1.18. The fourth-order valence-electron chi connectivity index (χ4n) is 1.56. The number of cyclic esters (lactones) is 1. The van der Waals surface area contributed by atoms with E-state index in [1.54, 1.807) is 0 Å². The summed E-state index contributed by atoms with van der Waals surface area (Å²) in [5, 5.41) is 19.5. The third-order valence-corrected chi connectivity index (χ3v) is 2.21. The van der Waals surface area contributed by atoms with E-state index in [1.807, 2.05) is 0 Å². The van der Waals surface area contributed by atoms with Crippen molar-refractivity contribution in [3.63, 3.8) is 0 Å². The van der Waals surface area contributed by atoms with Crippen LogP contribution in [0.15, 0.2) is 18.2 Å². The smallest absolute Gasteiger partial charge is 0.339 e. The standard InChI is InChI=1S/C10H8O5/c11-5-1-2-6-7(3-5)10(14)15-8(6)4-9(12)13/h1-3,8,11H,4H2,(H,12,13)/p-1/t8-/m0/s1. The number of esters is 1. The molecule has 1 atom stereocenters. The van der Waals surface area contributed by atoms with Gasteiger partial charge >= 0.3 is 5.97 Å². The molecule has 0 fully saturated rings. The second-order valence-electron chi connectivity index (χ2n) is 3.24. The Labute approximate surface area is 84.9 Å². The van der Waals surface area contributed by atoms with E-state index in [4.69, 9.17) is 9.84 Å². The fraction of sp³-hybridized carbons (Fsp3) is 0.200. The van der Waals surface area contributed by atoms with Crippen LogP contribution in [0.3, 0.4) is 0 Å². The molecular formula is C10H7O5-. The minimum Gasteiger partial charge on any atom is -0.550 e. The van der Waals surface area contributed by atoms with Gasteiger partial charge in [-0.2, -0.15) is 0 Å². The number of carbonyl (C=O) groups excluding carboxylic acids is 2. The summed E-state index contributed by atoms with van der Waals surface area (Å²) in [4.78, 5) is 21.6. The Kier molecular flexibility index (Phi) is 2.07. The van der Waals surface area contributed by atoms with Crippen LogP contribution in [0.5, 0.6) is 5.75 Å². The topological polar surface area (TPSA) is 86.7 Å². The summed E-state index contributed by atoms with van der Waals surface area (Å²) in [6, 6.07) is 4.11. The molecule has 5 nitrogen and oxygen atoms in total. The zero-order valence-corrected chi connectivity index (χ0v) is 7.60. The van der Waals surface area contributed by atoms with Gasteiger partial charge in [0.05, 0.1) is 5.56 Å². The first-order chi connectivity index (χ1) is 7.08. The van der Waals surface area contributed by atoms with Crippen LogP contribution in [0.4, 0.5) is 0 Å². The Balaban J connectivity index is 2.38. The number of aromatic hydroxyl groups is 1. The fourth-order valence-corrected chi connectivity index (χ4v) is 1.56. The Bertz CT molecular complexity index is 437. The van der Waals surface area contributed by atoms with E-state index in [-0.39, 0.29) is 17.7 Å². The molecule has 1 heterocycles. The van der Waals surface area contributed by atoms with Crippen LogP contribution in [-0.2, 0) is 9.53 Å². The van der Waals surface area contributed by atoms with E-state index in [2.05, 4.69) is 0 Å². The van der Waals surface area contributed by atoms with Crippen molar-refractivity contribution in [1.29, 1.82) is 0 Å². The molecule has 0 saturated carbocycles. The number of benzene rings is 1.